The van der Waals surface area contributed by atoms with Crippen molar-refractivity contribution in [3.05, 3.63) is 0 Å². The van der Waals surface area contributed by atoms with Gasteiger partial charge in [-0.3, -0.25) is 4.99 Å². The molecule has 0 aromatic rings. The predicted molar refractivity (Wildman–Crippen MR) is 45.6 cm³/mol. The lowest BCUT2D eigenvalue weighted by Crippen LogP contribution is -2.20. The van der Waals surface area contributed by atoms with Crippen molar-refractivity contribution in [2.45, 2.75) is 45.6 Å². The molecular weight excluding hydrogens is 122 g/mol. The Bertz CT molecular complexity index is 118. The first-order valence-electron chi connectivity index (χ1n) is 4.32. The van der Waals surface area contributed by atoms with Crippen molar-refractivity contribution in [1.29, 1.82) is 0 Å². The zero-order valence-electron chi connectivity index (χ0n) is 7.01. The first-order chi connectivity index (χ1) is 4.84. The number of nitrogens with zero attached hydrogens (tertiary/aromatic N) is 1. The molecule has 1 nitrogen and oxygen atoms in total. The summed E-state index contributed by atoms with van der Waals surface area (Å²) in [4.78, 5) is 4.44. The summed E-state index contributed by atoms with van der Waals surface area (Å²) in [6.07, 6.45) is 7.43. The third kappa shape index (κ3) is 1.83. The van der Waals surface area contributed by atoms with Crippen LogP contribution in [0.15, 0.2) is 4.99 Å². The van der Waals surface area contributed by atoms with Crippen LogP contribution >= 0.6 is 0 Å². The molecule has 1 fully saturated rings. The van der Waals surface area contributed by atoms with E-state index in [-0.39, 0.29) is 0 Å². The molecule has 0 aromatic heterocycles. The Balaban J connectivity index is 2.39. The zero-order chi connectivity index (χ0) is 7.40. The van der Waals surface area contributed by atoms with Crippen LogP contribution in [0.2, 0.25) is 0 Å². The maximum Gasteiger partial charge on any atom is 0.0521 e. The van der Waals surface area contributed by atoms with E-state index in [1.807, 2.05) is 13.1 Å². The molecule has 1 saturated carbocycles. The van der Waals surface area contributed by atoms with Crippen molar-refractivity contribution < 1.29 is 0 Å². The van der Waals surface area contributed by atoms with Gasteiger partial charge in [0.25, 0.3) is 0 Å². The second kappa shape index (κ2) is 3.75. The number of hydrogen-bond donors (Lipinski definition) is 0. The van der Waals surface area contributed by atoms with Gasteiger partial charge in [0, 0.05) is 0 Å². The molecule has 1 aliphatic carbocycles. The molecular formula is C9H17N. The Labute approximate surface area is 63.5 Å². The van der Waals surface area contributed by atoms with Crippen molar-refractivity contribution in [3.63, 3.8) is 0 Å². The normalized spacial score (nSPS) is 35.0. The fraction of sp³-hybridized carbons (Fsp3) is 0.889. The van der Waals surface area contributed by atoms with Gasteiger partial charge in [0.05, 0.1) is 6.04 Å². The van der Waals surface area contributed by atoms with Crippen molar-refractivity contribution in [3.8, 4) is 0 Å². The highest BCUT2D eigenvalue weighted by atomic mass is 14.8. The Morgan fingerprint density at radius 2 is 2.00 bits per heavy atom. The first kappa shape index (κ1) is 7.77. The fourth-order valence-electron chi connectivity index (χ4n) is 1.71. The SMILES string of the molecule is CC=NC1CCCCC1C. The zero-order valence-corrected chi connectivity index (χ0v) is 7.01. The van der Waals surface area contributed by atoms with Gasteiger partial charge >= 0.3 is 0 Å². The van der Waals surface area contributed by atoms with Gasteiger partial charge in [0.1, 0.15) is 0 Å². The average Bonchev–Trinajstić information content (AvgIpc) is 1.94. The minimum Gasteiger partial charge on any atom is -0.294 e. The third-order valence-electron chi connectivity index (χ3n) is 2.41. The molecule has 2 atom stereocenters. The Hall–Kier alpha value is -0.330. The molecule has 0 spiro atoms. The first-order valence-corrected chi connectivity index (χ1v) is 4.32. The summed E-state index contributed by atoms with van der Waals surface area (Å²) < 4.78 is 0. The van der Waals surface area contributed by atoms with E-state index < -0.39 is 0 Å². The minimum atomic E-state index is 0.638. The summed E-state index contributed by atoms with van der Waals surface area (Å²) in [5, 5.41) is 0. The number of rotatable bonds is 1. The highest BCUT2D eigenvalue weighted by molar-refractivity contribution is 5.53. The van der Waals surface area contributed by atoms with Crippen LogP contribution in [-0.2, 0) is 0 Å². The molecule has 58 valence electrons. The van der Waals surface area contributed by atoms with Crippen LogP contribution in [0, 0.1) is 5.92 Å². The summed E-state index contributed by atoms with van der Waals surface area (Å²) in [6.45, 7) is 4.33. The highest BCUT2D eigenvalue weighted by Crippen LogP contribution is 2.25. The average molecular weight is 139 g/mol. The number of aliphatic imine (C=N–C) groups is 1. The van der Waals surface area contributed by atoms with Crippen molar-refractivity contribution in [2.75, 3.05) is 0 Å². The van der Waals surface area contributed by atoms with Gasteiger partial charge in [-0.1, -0.05) is 19.8 Å². The van der Waals surface area contributed by atoms with E-state index in [1.54, 1.807) is 0 Å². The monoisotopic (exact) mass is 139 g/mol. The molecule has 0 aromatic carbocycles. The standard InChI is InChI=1S/C9H17N/c1-3-10-9-7-5-4-6-8(9)2/h3,8-9H,4-7H2,1-2H3. The molecule has 0 aliphatic heterocycles. The van der Waals surface area contributed by atoms with Crippen LogP contribution in [0.5, 0.6) is 0 Å². The van der Waals surface area contributed by atoms with Crippen molar-refractivity contribution in [2.24, 2.45) is 10.9 Å². The Morgan fingerprint density at radius 3 is 2.60 bits per heavy atom. The van der Waals surface area contributed by atoms with Crippen LogP contribution in [0.4, 0.5) is 0 Å². The molecule has 0 radical (unpaired) electrons. The largest absolute Gasteiger partial charge is 0.294 e. The maximum atomic E-state index is 4.44. The molecule has 1 rings (SSSR count). The lowest BCUT2D eigenvalue weighted by atomic mass is 9.86. The molecule has 0 N–H and O–H groups in total. The van der Waals surface area contributed by atoms with Gasteiger partial charge in [-0.2, -0.15) is 0 Å². The van der Waals surface area contributed by atoms with Crippen LogP contribution < -0.4 is 0 Å². The quantitative estimate of drug-likeness (QED) is 0.495. The molecule has 2 unspecified atom stereocenters. The van der Waals surface area contributed by atoms with Crippen LogP contribution in [0.1, 0.15) is 39.5 Å². The van der Waals surface area contributed by atoms with Crippen LogP contribution in [0.25, 0.3) is 0 Å². The van der Waals surface area contributed by atoms with Gasteiger partial charge in [0.15, 0.2) is 0 Å². The Morgan fingerprint density at radius 1 is 1.30 bits per heavy atom. The lowest BCUT2D eigenvalue weighted by Gasteiger charge is -2.24. The van der Waals surface area contributed by atoms with Gasteiger partial charge in [0.2, 0.25) is 0 Å². The second-order valence-corrected chi connectivity index (χ2v) is 3.24. The predicted octanol–water partition coefficient (Wildman–Crippen LogP) is 2.66. The van der Waals surface area contributed by atoms with Crippen LogP contribution in [-0.4, -0.2) is 12.3 Å². The molecule has 1 heteroatoms. The van der Waals surface area contributed by atoms with E-state index in [0.29, 0.717) is 6.04 Å². The molecule has 0 bridgehead atoms. The van der Waals surface area contributed by atoms with E-state index in [4.69, 9.17) is 0 Å². The van der Waals surface area contributed by atoms with Gasteiger partial charge in [-0.25, -0.2) is 0 Å². The summed E-state index contributed by atoms with van der Waals surface area (Å²) in [6, 6.07) is 0.638. The minimum absolute atomic E-state index is 0.638. The van der Waals surface area contributed by atoms with E-state index in [0.717, 1.165) is 5.92 Å². The van der Waals surface area contributed by atoms with Crippen molar-refractivity contribution in [1.82, 2.24) is 0 Å². The van der Waals surface area contributed by atoms with E-state index in [2.05, 4.69) is 11.9 Å². The summed E-state index contributed by atoms with van der Waals surface area (Å²) >= 11 is 0. The van der Waals surface area contributed by atoms with E-state index in [1.165, 1.54) is 25.7 Å². The van der Waals surface area contributed by atoms with E-state index in [9.17, 15) is 0 Å². The smallest absolute Gasteiger partial charge is 0.0521 e. The summed E-state index contributed by atoms with van der Waals surface area (Å²) in [5.41, 5.74) is 0. The number of hydrogen-bond acceptors (Lipinski definition) is 1. The van der Waals surface area contributed by atoms with Gasteiger partial charge in [-0.15, -0.1) is 0 Å². The van der Waals surface area contributed by atoms with Crippen molar-refractivity contribution >= 4 is 6.21 Å². The summed E-state index contributed by atoms with van der Waals surface area (Å²) in [5.74, 6) is 0.824. The van der Waals surface area contributed by atoms with Gasteiger partial charge < -0.3 is 0 Å². The van der Waals surface area contributed by atoms with Crippen LogP contribution in [0.3, 0.4) is 0 Å². The summed E-state index contributed by atoms with van der Waals surface area (Å²) in [7, 11) is 0. The maximum absolute atomic E-state index is 4.44. The van der Waals surface area contributed by atoms with E-state index >= 15 is 0 Å². The highest BCUT2D eigenvalue weighted by Gasteiger charge is 2.18. The Kier molecular flexibility index (Phi) is 2.91. The topological polar surface area (TPSA) is 12.4 Å². The second-order valence-electron chi connectivity index (χ2n) is 3.24. The van der Waals surface area contributed by atoms with Gasteiger partial charge in [-0.05, 0) is 31.9 Å². The molecule has 1 aliphatic rings. The lowest BCUT2D eigenvalue weighted by molar-refractivity contribution is 0.333. The third-order valence-corrected chi connectivity index (χ3v) is 2.41. The molecule has 0 amide bonds. The molecule has 0 heterocycles. The molecule has 10 heavy (non-hydrogen) atoms. The fourth-order valence-corrected chi connectivity index (χ4v) is 1.71. The molecule has 0 saturated heterocycles.